The molecule has 0 bridgehead atoms. The number of rotatable bonds is 8. The highest BCUT2D eigenvalue weighted by atomic mass is 19.1. The lowest BCUT2D eigenvalue weighted by molar-refractivity contribution is 0.0931. The van der Waals surface area contributed by atoms with E-state index in [1.807, 2.05) is 13.0 Å². The molecule has 9 heteroatoms. The highest BCUT2D eigenvalue weighted by Crippen LogP contribution is 2.41. The second-order valence-electron chi connectivity index (χ2n) is 8.83. The number of amides is 2. The number of hydrogen-bond acceptors (Lipinski definition) is 3. The molecule has 2 N–H and O–H groups in total. The van der Waals surface area contributed by atoms with Crippen molar-refractivity contribution < 1.29 is 23.8 Å². The van der Waals surface area contributed by atoms with Gasteiger partial charge in [0.2, 0.25) is 5.62 Å². The van der Waals surface area contributed by atoms with Gasteiger partial charge in [0.15, 0.2) is 0 Å². The number of imidazole rings is 1. The molecule has 8 nitrogen and oxygen atoms in total. The summed E-state index contributed by atoms with van der Waals surface area (Å²) < 4.78 is 22.8. The number of nitrogens with one attached hydrogen (secondary N) is 1. The van der Waals surface area contributed by atoms with E-state index in [-0.39, 0.29) is 23.4 Å². The van der Waals surface area contributed by atoms with Crippen LogP contribution < -0.4 is 15.7 Å². The van der Waals surface area contributed by atoms with Gasteiger partial charge in [-0.1, -0.05) is 12.1 Å². The van der Waals surface area contributed by atoms with Crippen molar-refractivity contribution in [1.29, 1.82) is 0 Å². The van der Waals surface area contributed by atoms with Crippen molar-refractivity contribution in [3.8, 4) is 5.75 Å². The van der Waals surface area contributed by atoms with Crippen LogP contribution in [0.25, 0.3) is 0 Å². The third-order valence-electron chi connectivity index (χ3n) is 6.05. The first-order chi connectivity index (χ1) is 16.7. The minimum absolute atomic E-state index is 0.203. The quantitative estimate of drug-likeness (QED) is 0.505. The summed E-state index contributed by atoms with van der Waals surface area (Å²) in [6.45, 7) is 4.32. The number of ether oxygens (including phenoxy) is 1. The molecule has 184 valence electrons. The lowest BCUT2D eigenvalue weighted by Crippen LogP contribution is -2.30. The van der Waals surface area contributed by atoms with Gasteiger partial charge in [-0.15, -0.1) is 4.99 Å². The number of aromatic nitrogens is 2. The summed E-state index contributed by atoms with van der Waals surface area (Å²) >= 11 is 0. The number of nitrogens with zero attached hydrogens (tertiary/aromatic N) is 3. The Morgan fingerprint density at radius 1 is 1.23 bits per heavy atom. The number of carbonyl (C=O) groups excluding carboxylic acids is 1. The van der Waals surface area contributed by atoms with Crippen LogP contribution in [-0.4, -0.2) is 32.8 Å². The van der Waals surface area contributed by atoms with Crippen LogP contribution >= 0.6 is 0 Å². The molecule has 0 radical (unpaired) electrons. The summed E-state index contributed by atoms with van der Waals surface area (Å²) in [6, 6.07) is 10.0. The van der Waals surface area contributed by atoms with Crippen molar-refractivity contribution in [2.45, 2.75) is 39.3 Å². The third-order valence-corrected chi connectivity index (χ3v) is 6.05. The first kappa shape index (κ1) is 24.3. The van der Waals surface area contributed by atoms with Crippen molar-refractivity contribution >= 4 is 12.0 Å². The van der Waals surface area contributed by atoms with Crippen LogP contribution in [0.15, 0.2) is 53.8 Å². The maximum atomic E-state index is 13.8. The van der Waals surface area contributed by atoms with Crippen LogP contribution in [0.4, 0.5) is 9.18 Å². The average molecular weight is 481 g/mol. The molecule has 0 aliphatic heterocycles. The monoisotopic (exact) mass is 480 g/mol. The first-order valence-electron chi connectivity index (χ1n) is 11.6. The Morgan fingerprint density at radius 2 is 2.00 bits per heavy atom. The van der Waals surface area contributed by atoms with Crippen LogP contribution in [0.2, 0.25) is 0 Å². The van der Waals surface area contributed by atoms with Gasteiger partial charge in [-0.2, -0.15) is 0 Å². The molecule has 1 aliphatic carbocycles. The van der Waals surface area contributed by atoms with E-state index in [1.54, 1.807) is 59.8 Å². The van der Waals surface area contributed by atoms with Gasteiger partial charge >= 0.3 is 6.09 Å². The molecule has 2 aromatic carbocycles. The molecule has 4 rings (SSSR count). The van der Waals surface area contributed by atoms with E-state index in [0.717, 1.165) is 24.0 Å². The number of carboxylic acid groups (broad SMARTS) is 1. The van der Waals surface area contributed by atoms with Gasteiger partial charge in [-0.05, 0) is 73.6 Å². The summed E-state index contributed by atoms with van der Waals surface area (Å²) in [5.41, 5.74) is 2.90. The summed E-state index contributed by atoms with van der Waals surface area (Å²) in [5.74, 6) is 0.346. The summed E-state index contributed by atoms with van der Waals surface area (Å²) in [4.78, 5) is 28.1. The van der Waals surface area contributed by atoms with E-state index in [0.29, 0.717) is 35.9 Å². The van der Waals surface area contributed by atoms with Crippen LogP contribution in [0.1, 0.15) is 52.9 Å². The number of aryl methyl sites for hydroxylation is 2. The molecule has 1 heterocycles. The second-order valence-corrected chi connectivity index (χ2v) is 8.83. The average Bonchev–Trinajstić information content (AvgIpc) is 3.60. The Bertz CT molecular complexity index is 1320. The van der Waals surface area contributed by atoms with E-state index < -0.39 is 6.09 Å². The number of hydrogen-bond donors (Lipinski definition) is 2. The smallest absolute Gasteiger partial charge is 0.434 e. The SMILES string of the molecule is CCOc1cc(Cn2ccn(C)/c2=N\C(=O)O)cc(C(=O)N[C@H](c2ccc(F)c(C)c2)C2CC2)c1. The molecule has 1 fully saturated rings. The standard InChI is InChI=1S/C26H29FN4O4/c1-4-35-21-13-17(15-31-10-9-30(3)25(31)29-26(33)34)12-20(14-21)24(32)28-23(18-5-6-18)19-7-8-22(27)16(2)11-19/h7-14,18,23H,4-6,15H2,1-3H3,(H,28,32)(H,33,34)/b29-25+/t23-/m0/s1. The molecule has 1 aromatic heterocycles. The largest absolute Gasteiger partial charge is 0.494 e. The molecule has 35 heavy (non-hydrogen) atoms. The Kier molecular flexibility index (Phi) is 7.04. The Hall–Kier alpha value is -3.88. The van der Waals surface area contributed by atoms with Gasteiger partial charge < -0.3 is 24.3 Å². The Morgan fingerprint density at radius 3 is 2.66 bits per heavy atom. The number of carbonyl (C=O) groups is 2. The predicted molar refractivity (Wildman–Crippen MR) is 128 cm³/mol. The molecule has 1 atom stereocenters. The first-order valence-corrected chi connectivity index (χ1v) is 11.6. The van der Waals surface area contributed by atoms with E-state index >= 15 is 0 Å². The molecule has 3 aromatic rings. The number of benzene rings is 2. The molecular formula is C26H29FN4O4. The van der Waals surface area contributed by atoms with Gasteiger partial charge in [-0.3, -0.25) is 4.79 Å². The third kappa shape index (κ3) is 5.79. The molecular weight excluding hydrogens is 451 g/mol. The van der Waals surface area contributed by atoms with Gasteiger partial charge in [-0.25, -0.2) is 9.18 Å². The fourth-order valence-electron chi connectivity index (χ4n) is 4.19. The minimum Gasteiger partial charge on any atom is -0.494 e. The number of halogens is 1. The van der Waals surface area contributed by atoms with Gasteiger partial charge in [0, 0.05) is 25.0 Å². The van der Waals surface area contributed by atoms with Crippen molar-refractivity contribution in [2.24, 2.45) is 18.0 Å². The van der Waals surface area contributed by atoms with Crippen molar-refractivity contribution in [2.75, 3.05) is 6.61 Å². The van der Waals surface area contributed by atoms with Gasteiger partial charge in [0.25, 0.3) is 5.91 Å². The maximum Gasteiger partial charge on any atom is 0.434 e. The highest BCUT2D eigenvalue weighted by Gasteiger charge is 2.34. The minimum atomic E-state index is -1.29. The van der Waals surface area contributed by atoms with Crippen LogP contribution in [0.5, 0.6) is 5.75 Å². The lowest BCUT2D eigenvalue weighted by atomic mass is 9.99. The van der Waals surface area contributed by atoms with E-state index in [2.05, 4.69) is 10.3 Å². The molecule has 0 spiro atoms. The molecule has 2 amide bonds. The zero-order valence-corrected chi connectivity index (χ0v) is 20.0. The van der Waals surface area contributed by atoms with E-state index in [4.69, 9.17) is 9.84 Å². The fourth-order valence-corrected chi connectivity index (χ4v) is 4.19. The van der Waals surface area contributed by atoms with Crippen LogP contribution in [0.3, 0.4) is 0 Å². The zero-order chi connectivity index (χ0) is 25.1. The topological polar surface area (TPSA) is 97.8 Å². The predicted octanol–water partition coefficient (Wildman–Crippen LogP) is 4.18. The molecule has 1 aliphatic rings. The normalized spacial score (nSPS) is 14.6. The van der Waals surface area contributed by atoms with Crippen molar-refractivity contribution in [3.05, 3.63) is 82.5 Å². The van der Waals surface area contributed by atoms with Crippen molar-refractivity contribution in [1.82, 2.24) is 14.5 Å². The molecule has 0 saturated heterocycles. The zero-order valence-electron chi connectivity index (χ0n) is 20.0. The summed E-state index contributed by atoms with van der Waals surface area (Å²) in [7, 11) is 1.71. The van der Waals surface area contributed by atoms with E-state index in [1.165, 1.54) is 6.07 Å². The fraction of sp³-hybridized carbons (Fsp3) is 0.346. The summed E-state index contributed by atoms with van der Waals surface area (Å²) in [5, 5.41) is 12.2. The van der Waals surface area contributed by atoms with E-state index in [9.17, 15) is 14.0 Å². The van der Waals surface area contributed by atoms with Gasteiger partial charge in [0.05, 0.1) is 19.2 Å². The molecule has 1 saturated carbocycles. The Balaban J connectivity index is 1.63. The van der Waals surface area contributed by atoms with Gasteiger partial charge in [0.1, 0.15) is 11.6 Å². The van der Waals surface area contributed by atoms with Crippen LogP contribution in [0, 0.1) is 18.7 Å². The van der Waals surface area contributed by atoms with Crippen LogP contribution in [-0.2, 0) is 13.6 Å². The van der Waals surface area contributed by atoms with Crippen molar-refractivity contribution in [3.63, 3.8) is 0 Å². The highest BCUT2D eigenvalue weighted by molar-refractivity contribution is 5.95. The lowest BCUT2D eigenvalue weighted by Gasteiger charge is -2.20. The Labute approximate surface area is 202 Å². The maximum absolute atomic E-state index is 13.8. The second kappa shape index (κ2) is 10.2. The summed E-state index contributed by atoms with van der Waals surface area (Å²) in [6.07, 6.45) is 4.17. The molecule has 0 unspecified atom stereocenters.